The molecule has 0 unspecified atom stereocenters. The largest absolute Gasteiger partial charge is 0.496 e. The highest BCUT2D eigenvalue weighted by Crippen LogP contribution is 2.32. The maximum Gasteiger partial charge on any atom is 0.431 e. The minimum Gasteiger partial charge on any atom is -0.496 e. The molecular formula is C14H13F3N2OS. The van der Waals surface area contributed by atoms with Gasteiger partial charge in [0, 0.05) is 5.56 Å². The van der Waals surface area contributed by atoms with Gasteiger partial charge in [-0.15, -0.1) is 0 Å². The van der Waals surface area contributed by atoms with Crippen LogP contribution >= 0.6 is 12.2 Å². The quantitative estimate of drug-likeness (QED) is 0.832. The summed E-state index contributed by atoms with van der Waals surface area (Å²) < 4.78 is 43.5. The topological polar surface area (TPSA) is 37.9 Å². The van der Waals surface area contributed by atoms with Crippen LogP contribution in [0.2, 0.25) is 0 Å². The lowest BCUT2D eigenvalue weighted by atomic mass is 10.0. The molecule has 2 aromatic rings. The van der Waals surface area contributed by atoms with E-state index < -0.39 is 11.9 Å². The number of aromatic nitrogens is 2. The molecule has 112 valence electrons. The summed E-state index contributed by atoms with van der Waals surface area (Å²) in [5.74, 6) is 0.674. The first-order valence-electron chi connectivity index (χ1n) is 6.06. The van der Waals surface area contributed by atoms with Crippen LogP contribution < -0.4 is 4.74 Å². The van der Waals surface area contributed by atoms with Gasteiger partial charge in [0.25, 0.3) is 0 Å². The van der Waals surface area contributed by atoms with E-state index >= 15 is 0 Å². The van der Waals surface area contributed by atoms with E-state index in [2.05, 4.69) is 9.97 Å². The molecule has 0 aliphatic carbocycles. The van der Waals surface area contributed by atoms with Gasteiger partial charge in [0.05, 0.1) is 12.8 Å². The number of halogens is 3. The van der Waals surface area contributed by atoms with Crippen molar-refractivity contribution in [3.05, 3.63) is 39.8 Å². The van der Waals surface area contributed by atoms with Crippen LogP contribution in [0.15, 0.2) is 18.2 Å². The second-order valence-electron chi connectivity index (χ2n) is 4.62. The van der Waals surface area contributed by atoms with Gasteiger partial charge in [-0.2, -0.15) is 13.2 Å². The second kappa shape index (κ2) is 5.48. The van der Waals surface area contributed by atoms with Crippen molar-refractivity contribution < 1.29 is 17.9 Å². The highest BCUT2D eigenvalue weighted by Gasteiger charge is 2.32. The number of hydrogen-bond donors (Lipinski definition) is 1. The van der Waals surface area contributed by atoms with Crippen molar-refractivity contribution in [1.29, 1.82) is 0 Å². The van der Waals surface area contributed by atoms with Crippen molar-refractivity contribution in [2.75, 3.05) is 7.11 Å². The number of aromatic amines is 1. The number of hydrogen-bond acceptors (Lipinski definition) is 3. The average Bonchev–Trinajstić information content (AvgIpc) is 2.39. The molecule has 0 atom stereocenters. The molecule has 2 rings (SSSR count). The van der Waals surface area contributed by atoms with E-state index in [-0.39, 0.29) is 10.5 Å². The fourth-order valence-electron chi connectivity index (χ4n) is 2.03. The molecule has 21 heavy (non-hydrogen) atoms. The van der Waals surface area contributed by atoms with Gasteiger partial charge >= 0.3 is 6.18 Å². The lowest BCUT2D eigenvalue weighted by molar-refractivity contribution is -0.141. The number of alkyl halides is 3. The first kappa shape index (κ1) is 15.5. The normalized spacial score (nSPS) is 11.5. The lowest BCUT2D eigenvalue weighted by Crippen LogP contribution is -2.09. The Kier molecular flexibility index (Phi) is 4.04. The Bertz CT molecular complexity index is 738. The predicted octanol–water partition coefficient (Wildman–Crippen LogP) is 4.45. The maximum atomic E-state index is 12.8. The Balaban J connectivity index is 2.65. The zero-order valence-electron chi connectivity index (χ0n) is 11.6. The summed E-state index contributed by atoms with van der Waals surface area (Å²) in [7, 11) is 1.54. The fraction of sp³-hybridized carbons (Fsp3) is 0.286. The average molecular weight is 314 g/mol. The van der Waals surface area contributed by atoms with Crippen LogP contribution in [0.1, 0.15) is 16.8 Å². The van der Waals surface area contributed by atoms with Crippen LogP contribution in [0.3, 0.4) is 0 Å². The van der Waals surface area contributed by atoms with Crippen LogP contribution in [0.5, 0.6) is 5.75 Å². The monoisotopic (exact) mass is 314 g/mol. The SMILES string of the molecule is COc1cc(C)c(-c2cc(C(F)(F)F)[nH]c(=S)n2)cc1C. The number of nitrogens with one attached hydrogen (secondary N) is 1. The van der Waals surface area contributed by atoms with Crippen molar-refractivity contribution >= 4 is 12.2 Å². The van der Waals surface area contributed by atoms with Crippen molar-refractivity contribution in [1.82, 2.24) is 9.97 Å². The first-order chi connectivity index (χ1) is 9.72. The smallest absolute Gasteiger partial charge is 0.431 e. The summed E-state index contributed by atoms with van der Waals surface area (Å²) in [6.45, 7) is 3.60. The van der Waals surface area contributed by atoms with Gasteiger partial charge in [-0.3, -0.25) is 0 Å². The highest BCUT2D eigenvalue weighted by atomic mass is 32.1. The standard InChI is InChI=1S/C14H13F3N2OS/c1-7-5-11(20-3)8(2)4-9(7)10-6-12(14(15,16)17)19-13(21)18-10/h4-6H,1-3H3,(H,18,19,21). The number of aryl methyl sites for hydroxylation is 2. The Morgan fingerprint density at radius 1 is 1.14 bits per heavy atom. The van der Waals surface area contributed by atoms with Gasteiger partial charge in [0.2, 0.25) is 0 Å². The third-order valence-corrected chi connectivity index (χ3v) is 3.26. The summed E-state index contributed by atoms with van der Waals surface area (Å²) in [5.41, 5.74) is 1.45. The molecule has 0 aliphatic heterocycles. The molecule has 0 spiro atoms. The van der Waals surface area contributed by atoms with Gasteiger partial charge in [0.1, 0.15) is 11.4 Å². The molecule has 1 heterocycles. The van der Waals surface area contributed by atoms with Crippen molar-refractivity contribution in [2.24, 2.45) is 0 Å². The Labute approximate surface area is 124 Å². The van der Waals surface area contributed by atoms with Gasteiger partial charge in [-0.1, -0.05) is 0 Å². The summed E-state index contributed by atoms with van der Waals surface area (Å²) in [4.78, 5) is 6.06. The Hall–Kier alpha value is -1.89. The van der Waals surface area contributed by atoms with Crippen LogP contribution in [0.25, 0.3) is 11.3 Å². The van der Waals surface area contributed by atoms with Crippen molar-refractivity contribution in [3.8, 4) is 17.0 Å². The molecule has 0 aliphatic rings. The van der Waals surface area contributed by atoms with Gasteiger partial charge in [-0.25, -0.2) is 4.98 Å². The maximum absolute atomic E-state index is 12.8. The molecule has 1 aromatic carbocycles. The fourth-order valence-corrected chi connectivity index (χ4v) is 2.24. The van der Waals surface area contributed by atoms with E-state index in [9.17, 15) is 13.2 Å². The molecule has 1 aromatic heterocycles. The van der Waals surface area contributed by atoms with E-state index in [0.29, 0.717) is 11.3 Å². The van der Waals surface area contributed by atoms with E-state index in [1.165, 1.54) is 0 Å². The number of benzene rings is 1. The molecule has 0 bridgehead atoms. The minimum absolute atomic E-state index is 0.189. The summed E-state index contributed by atoms with van der Waals surface area (Å²) in [6.07, 6.45) is -4.50. The zero-order chi connectivity index (χ0) is 15.8. The highest BCUT2D eigenvalue weighted by molar-refractivity contribution is 7.71. The molecular weight excluding hydrogens is 301 g/mol. The number of methoxy groups -OCH3 is 1. The first-order valence-corrected chi connectivity index (χ1v) is 6.47. The number of nitrogens with zero attached hydrogens (tertiary/aromatic N) is 1. The van der Waals surface area contributed by atoms with Crippen LogP contribution in [0, 0.1) is 18.6 Å². The molecule has 0 saturated carbocycles. The van der Waals surface area contributed by atoms with Crippen LogP contribution in [-0.4, -0.2) is 17.1 Å². The molecule has 0 fully saturated rings. The number of ether oxygens (including phenoxy) is 1. The van der Waals surface area contributed by atoms with Crippen molar-refractivity contribution in [2.45, 2.75) is 20.0 Å². The summed E-state index contributed by atoms with van der Waals surface area (Å²) in [5, 5.41) is 0. The van der Waals surface area contributed by atoms with E-state index in [1.807, 2.05) is 6.92 Å². The van der Waals surface area contributed by atoms with E-state index in [1.54, 1.807) is 26.2 Å². The van der Waals surface area contributed by atoms with Crippen molar-refractivity contribution in [3.63, 3.8) is 0 Å². The molecule has 0 radical (unpaired) electrons. The Morgan fingerprint density at radius 2 is 1.81 bits per heavy atom. The Morgan fingerprint density at radius 3 is 2.38 bits per heavy atom. The second-order valence-corrected chi connectivity index (χ2v) is 5.01. The van der Waals surface area contributed by atoms with E-state index in [0.717, 1.165) is 17.2 Å². The summed E-state index contributed by atoms with van der Waals surface area (Å²) >= 11 is 4.79. The molecule has 0 amide bonds. The van der Waals surface area contributed by atoms with Gasteiger partial charge in [-0.05, 0) is 55.4 Å². The molecule has 7 heteroatoms. The minimum atomic E-state index is -4.50. The third kappa shape index (κ3) is 3.24. The van der Waals surface area contributed by atoms with Crippen LogP contribution in [-0.2, 0) is 6.18 Å². The van der Waals surface area contributed by atoms with Gasteiger partial charge < -0.3 is 9.72 Å². The number of H-pyrrole nitrogens is 1. The lowest BCUT2D eigenvalue weighted by Gasteiger charge is -2.13. The zero-order valence-corrected chi connectivity index (χ0v) is 12.4. The number of rotatable bonds is 2. The molecule has 3 nitrogen and oxygen atoms in total. The van der Waals surface area contributed by atoms with E-state index in [4.69, 9.17) is 17.0 Å². The van der Waals surface area contributed by atoms with Crippen LogP contribution in [0.4, 0.5) is 13.2 Å². The van der Waals surface area contributed by atoms with Gasteiger partial charge in [0.15, 0.2) is 4.77 Å². The third-order valence-electron chi connectivity index (χ3n) is 3.07. The summed E-state index contributed by atoms with van der Waals surface area (Å²) in [6, 6.07) is 4.47. The predicted molar refractivity (Wildman–Crippen MR) is 75.9 cm³/mol. The molecule has 0 saturated heterocycles. The molecule has 1 N–H and O–H groups in total.